The summed E-state index contributed by atoms with van der Waals surface area (Å²) in [6, 6.07) is 2.55. The minimum atomic E-state index is -0.873. The number of hydrogen-bond acceptors (Lipinski definition) is 6. The molecule has 0 aliphatic rings. The molecule has 1 aromatic heterocycles. The number of carbonyl (C=O) groups excluding carboxylic acids is 2. The van der Waals surface area contributed by atoms with Gasteiger partial charge in [-0.2, -0.15) is 0 Å². The fourth-order valence-corrected chi connectivity index (χ4v) is 3.05. The molecule has 1 atom stereocenters. The van der Waals surface area contributed by atoms with Crippen LogP contribution in [0.2, 0.25) is 0 Å². The van der Waals surface area contributed by atoms with Crippen LogP contribution in [0.1, 0.15) is 57.7 Å². The van der Waals surface area contributed by atoms with Crippen molar-refractivity contribution in [3.63, 3.8) is 0 Å². The van der Waals surface area contributed by atoms with E-state index in [1.54, 1.807) is 46.8 Å². The van der Waals surface area contributed by atoms with Crippen LogP contribution in [-0.4, -0.2) is 23.7 Å². The van der Waals surface area contributed by atoms with E-state index >= 15 is 0 Å². The molecule has 0 aliphatic carbocycles. The number of amides is 1. The lowest BCUT2D eigenvalue weighted by Gasteiger charge is -2.24. The number of benzene rings is 1. The second kappa shape index (κ2) is 8.90. The Morgan fingerprint density at radius 2 is 1.70 bits per heavy atom. The molecule has 0 radical (unpaired) electrons. The van der Waals surface area contributed by atoms with E-state index in [0.717, 1.165) is 10.9 Å². The Hall–Kier alpha value is -2.83. The first-order valence-corrected chi connectivity index (χ1v) is 10.0. The molecule has 1 aromatic carbocycles. The van der Waals surface area contributed by atoms with Gasteiger partial charge in [0.25, 0.3) is 0 Å². The molecule has 2 aromatic rings. The zero-order valence-corrected chi connectivity index (χ0v) is 19.0. The molecule has 0 spiro atoms. The van der Waals surface area contributed by atoms with Gasteiger partial charge in [0.05, 0.1) is 0 Å². The number of fused-ring (bicyclic) bond motifs is 1. The quantitative estimate of drug-likeness (QED) is 0.435. The van der Waals surface area contributed by atoms with Gasteiger partial charge >= 0.3 is 17.7 Å². The van der Waals surface area contributed by atoms with Gasteiger partial charge in [-0.15, -0.1) is 0 Å². The zero-order chi connectivity index (χ0) is 22.8. The second-order valence-electron chi connectivity index (χ2n) is 8.95. The average molecular weight is 418 g/mol. The number of hydrogen-bond donors (Lipinski definition) is 1. The Kier molecular flexibility index (Phi) is 6.95. The number of carbonyl (C=O) groups is 2. The lowest BCUT2D eigenvalue weighted by molar-refractivity contribution is -0.137. The molecule has 1 amide bonds. The van der Waals surface area contributed by atoms with Gasteiger partial charge in [0.15, 0.2) is 0 Å². The molecular weight excluding hydrogens is 386 g/mol. The van der Waals surface area contributed by atoms with E-state index < -0.39 is 29.3 Å². The fraction of sp³-hybridized carbons (Fsp3) is 0.522. The maximum atomic E-state index is 12.8. The second-order valence-corrected chi connectivity index (χ2v) is 8.95. The van der Waals surface area contributed by atoms with Crippen molar-refractivity contribution >= 4 is 23.0 Å². The van der Waals surface area contributed by atoms with E-state index in [2.05, 4.69) is 5.32 Å². The van der Waals surface area contributed by atoms with E-state index in [1.807, 2.05) is 20.8 Å². The summed E-state index contributed by atoms with van der Waals surface area (Å²) in [6.45, 7) is 14.4. The third kappa shape index (κ3) is 5.62. The highest BCUT2D eigenvalue weighted by Crippen LogP contribution is 2.29. The van der Waals surface area contributed by atoms with Gasteiger partial charge in [-0.1, -0.05) is 13.8 Å². The number of nitrogens with one attached hydrogen (secondary N) is 1. The lowest BCUT2D eigenvalue weighted by Crippen LogP contribution is -2.45. The largest absolute Gasteiger partial charge is 0.444 e. The minimum Gasteiger partial charge on any atom is -0.444 e. The van der Waals surface area contributed by atoms with Crippen LogP contribution < -0.4 is 15.7 Å². The highest BCUT2D eigenvalue weighted by atomic mass is 16.6. The van der Waals surface area contributed by atoms with E-state index in [1.165, 1.54) is 0 Å². The normalized spacial score (nSPS) is 12.7. The Balaban J connectivity index is 2.31. The fourth-order valence-electron chi connectivity index (χ4n) is 3.05. The molecule has 0 bridgehead atoms. The van der Waals surface area contributed by atoms with Crippen LogP contribution in [0.25, 0.3) is 11.0 Å². The molecule has 1 N–H and O–H groups in total. The maximum Gasteiger partial charge on any atom is 0.408 e. The monoisotopic (exact) mass is 417 g/mol. The van der Waals surface area contributed by atoms with Crippen molar-refractivity contribution in [2.75, 3.05) is 0 Å². The summed E-state index contributed by atoms with van der Waals surface area (Å²) in [5.74, 6) is -0.194. The number of esters is 1. The summed E-state index contributed by atoms with van der Waals surface area (Å²) in [6.07, 6.45) is -0.296. The number of alkyl carbamates (subject to hydrolysis) is 1. The molecule has 2 rings (SSSR count). The van der Waals surface area contributed by atoms with Crippen LogP contribution >= 0.6 is 0 Å². The topological polar surface area (TPSA) is 94.8 Å². The Morgan fingerprint density at radius 3 is 2.27 bits per heavy atom. The molecule has 0 saturated carbocycles. The average Bonchev–Trinajstić information content (AvgIpc) is 2.60. The van der Waals surface area contributed by atoms with E-state index in [9.17, 15) is 14.4 Å². The number of aryl methyl sites for hydroxylation is 2. The van der Waals surface area contributed by atoms with Gasteiger partial charge in [0.1, 0.15) is 23.0 Å². The summed E-state index contributed by atoms with van der Waals surface area (Å²) < 4.78 is 16.3. The highest BCUT2D eigenvalue weighted by Gasteiger charge is 2.27. The standard InChI is InChI=1S/C23H31NO6/c1-12(2)11-17(24-22(27)30-23(6,7)8)21(26)28-18-10-9-16-13(3)14(4)20(25)29-19(16)15(18)5/h9-10,12,17H,11H2,1-8H3,(H,24,27). The first-order chi connectivity index (χ1) is 13.8. The predicted molar refractivity (Wildman–Crippen MR) is 115 cm³/mol. The third-order valence-corrected chi connectivity index (χ3v) is 4.72. The summed E-state index contributed by atoms with van der Waals surface area (Å²) >= 11 is 0. The molecule has 30 heavy (non-hydrogen) atoms. The van der Waals surface area contributed by atoms with Gasteiger partial charge in [-0.3, -0.25) is 0 Å². The van der Waals surface area contributed by atoms with E-state index in [0.29, 0.717) is 23.1 Å². The molecule has 164 valence electrons. The van der Waals surface area contributed by atoms with Gasteiger partial charge in [0.2, 0.25) is 0 Å². The van der Waals surface area contributed by atoms with Crippen molar-refractivity contribution in [1.29, 1.82) is 0 Å². The molecule has 1 heterocycles. The SMILES string of the molecule is Cc1c(C)c2ccc(OC(=O)C(CC(C)C)NC(=O)OC(C)(C)C)c(C)c2oc1=O. The van der Waals surface area contributed by atoms with Crippen LogP contribution in [0.15, 0.2) is 21.3 Å². The van der Waals surface area contributed by atoms with Crippen molar-refractivity contribution in [2.24, 2.45) is 5.92 Å². The van der Waals surface area contributed by atoms with Crippen molar-refractivity contribution in [1.82, 2.24) is 5.32 Å². The Bertz CT molecular complexity index is 1010. The van der Waals surface area contributed by atoms with Crippen molar-refractivity contribution in [3.05, 3.63) is 39.2 Å². The highest BCUT2D eigenvalue weighted by molar-refractivity contribution is 5.88. The van der Waals surface area contributed by atoms with Gasteiger partial charge in [-0.25, -0.2) is 14.4 Å². The first-order valence-electron chi connectivity index (χ1n) is 10.0. The molecule has 0 fully saturated rings. The lowest BCUT2D eigenvalue weighted by atomic mass is 10.0. The van der Waals surface area contributed by atoms with Gasteiger partial charge < -0.3 is 19.2 Å². The Morgan fingerprint density at radius 1 is 1.07 bits per heavy atom. The van der Waals surface area contributed by atoms with Crippen molar-refractivity contribution < 1.29 is 23.5 Å². The summed E-state index contributed by atoms with van der Waals surface area (Å²) in [5.41, 5.74) is 1.20. The van der Waals surface area contributed by atoms with E-state index in [-0.39, 0.29) is 11.7 Å². The van der Waals surface area contributed by atoms with Crippen LogP contribution in [0, 0.1) is 26.7 Å². The van der Waals surface area contributed by atoms with Crippen molar-refractivity contribution in [2.45, 2.75) is 73.5 Å². The van der Waals surface area contributed by atoms with Crippen LogP contribution in [0.3, 0.4) is 0 Å². The van der Waals surface area contributed by atoms with Crippen LogP contribution in [-0.2, 0) is 9.53 Å². The molecule has 1 unspecified atom stereocenters. The summed E-state index contributed by atoms with van der Waals surface area (Å²) in [5, 5.41) is 3.39. The first kappa shape index (κ1) is 23.4. The summed E-state index contributed by atoms with van der Waals surface area (Å²) in [7, 11) is 0. The Labute approximate surface area is 176 Å². The van der Waals surface area contributed by atoms with Gasteiger partial charge in [0, 0.05) is 16.5 Å². The minimum absolute atomic E-state index is 0.138. The molecule has 0 aliphatic heterocycles. The smallest absolute Gasteiger partial charge is 0.408 e. The van der Waals surface area contributed by atoms with Crippen LogP contribution in [0.4, 0.5) is 4.79 Å². The zero-order valence-electron chi connectivity index (χ0n) is 19.0. The van der Waals surface area contributed by atoms with E-state index in [4.69, 9.17) is 13.9 Å². The third-order valence-electron chi connectivity index (χ3n) is 4.72. The van der Waals surface area contributed by atoms with Crippen LogP contribution in [0.5, 0.6) is 5.75 Å². The van der Waals surface area contributed by atoms with Gasteiger partial charge in [-0.05, 0) is 71.6 Å². The molecule has 0 saturated heterocycles. The number of ether oxygens (including phenoxy) is 2. The number of rotatable bonds is 5. The molecule has 7 heteroatoms. The molecule has 7 nitrogen and oxygen atoms in total. The molecular formula is C23H31NO6. The van der Waals surface area contributed by atoms with Crippen molar-refractivity contribution in [3.8, 4) is 5.75 Å². The predicted octanol–water partition coefficient (Wildman–Crippen LogP) is 4.56. The maximum absolute atomic E-state index is 12.8. The summed E-state index contributed by atoms with van der Waals surface area (Å²) in [4.78, 5) is 37.1.